The lowest BCUT2D eigenvalue weighted by atomic mass is 10.2. The van der Waals surface area contributed by atoms with Crippen molar-refractivity contribution in [1.29, 1.82) is 0 Å². The largest absolute Gasteiger partial charge is 0.494 e. The molecule has 3 rings (SSSR count). The minimum Gasteiger partial charge on any atom is -0.494 e. The molecule has 0 radical (unpaired) electrons. The summed E-state index contributed by atoms with van der Waals surface area (Å²) in [5.41, 5.74) is 0.609. The van der Waals surface area contributed by atoms with Gasteiger partial charge in [0.25, 0.3) is 5.91 Å². The summed E-state index contributed by atoms with van der Waals surface area (Å²) >= 11 is 12.1. The molecule has 29 heavy (non-hydrogen) atoms. The third kappa shape index (κ3) is 5.10. The van der Waals surface area contributed by atoms with Gasteiger partial charge in [0.2, 0.25) is 0 Å². The van der Waals surface area contributed by atoms with Crippen molar-refractivity contribution < 1.29 is 18.3 Å². The second kappa shape index (κ2) is 9.02. The highest BCUT2D eigenvalue weighted by molar-refractivity contribution is 6.35. The first-order chi connectivity index (χ1) is 13.9. The molecule has 2 N–H and O–H groups in total. The molecule has 3 aromatic rings. The minimum absolute atomic E-state index is 0.0318. The third-order valence-electron chi connectivity index (χ3n) is 3.81. The molecule has 1 aromatic carbocycles. The number of nitrogens with zero attached hydrogens (tertiary/aromatic N) is 2. The van der Waals surface area contributed by atoms with E-state index in [0.717, 1.165) is 18.2 Å². The van der Waals surface area contributed by atoms with E-state index < -0.39 is 17.5 Å². The van der Waals surface area contributed by atoms with E-state index >= 15 is 0 Å². The average Bonchev–Trinajstić information content (AvgIpc) is 2.66. The number of benzene rings is 1. The molecule has 0 spiro atoms. The number of carbonyl (C=O) groups excluding carboxylic acids is 1. The number of methoxy groups -OCH3 is 1. The van der Waals surface area contributed by atoms with Gasteiger partial charge < -0.3 is 15.4 Å². The predicted octanol–water partition coefficient (Wildman–Crippen LogP) is 4.74. The summed E-state index contributed by atoms with van der Waals surface area (Å²) in [5.74, 6) is -1.64. The number of nitrogens with one attached hydrogen (secondary N) is 2. The minimum atomic E-state index is -0.745. The highest BCUT2D eigenvalue weighted by atomic mass is 35.5. The van der Waals surface area contributed by atoms with Crippen molar-refractivity contribution in [3.05, 3.63) is 75.7 Å². The first kappa shape index (κ1) is 20.8. The fourth-order valence-electron chi connectivity index (χ4n) is 2.48. The van der Waals surface area contributed by atoms with Gasteiger partial charge in [-0.15, -0.1) is 0 Å². The number of hydrogen-bond acceptors (Lipinski definition) is 5. The molecule has 1 amide bonds. The summed E-state index contributed by atoms with van der Waals surface area (Å²) in [6.07, 6.45) is 2.83. The highest BCUT2D eigenvalue weighted by Crippen LogP contribution is 2.25. The van der Waals surface area contributed by atoms with Gasteiger partial charge >= 0.3 is 0 Å². The number of hydrogen-bond donors (Lipinski definition) is 2. The summed E-state index contributed by atoms with van der Waals surface area (Å²) in [7, 11) is 1.39. The Kier molecular flexibility index (Phi) is 6.46. The normalized spacial score (nSPS) is 10.5. The molecule has 0 saturated carbocycles. The lowest BCUT2D eigenvalue weighted by Crippen LogP contribution is -2.25. The molecule has 2 aromatic heterocycles. The molecule has 0 saturated heterocycles. The molecule has 0 atom stereocenters. The Hall–Kier alpha value is -2.97. The second-order valence-electron chi connectivity index (χ2n) is 5.79. The lowest BCUT2D eigenvalue weighted by Gasteiger charge is -2.12. The summed E-state index contributed by atoms with van der Waals surface area (Å²) in [5, 5.41) is 6.02. The van der Waals surface area contributed by atoms with Gasteiger partial charge in [0, 0.05) is 36.3 Å². The number of pyridine rings is 2. The fraction of sp³-hybridized carbons (Fsp3) is 0.105. The van der Waals surface area contributed by atoms with Crippen LogP contribution in [0.4, 0.5) is 20.3 Å². The maximum absolute atomic E-state index is 13.4. The van der Waals surface area contributed by atoms with Crippen LogP contribution in [0, 0.1) is 11.6 Å². The average molecular weight is 439 g/mol. The molecular weight excluding hydrogens is 425 g/mol. The summed E-state index contributed by atoms with van der Waals surface area (Å²) in [4.78, 5) is 20.7. The molecule has 0 fully saturated rings. The van der Waals surface area contributed by atoms with Gasteiger partial charge in [-0.1, -0.05) is 23.2 Å². The zero-order valence-corrected chi connectivity index (χ0v) is 16.5. The quantitative estimate of drug-likeness (QED) is 0.580. The summed E-state index contributed by atoms with van der Waals surface area (Å²) in [6.45, 7) is 0.0383. The summed E-state index contributed by atoms with van der Waals surface area (Å²) in [6, 6.07) is 5.96. The molecule has 0 bridgehead atoms. The lowest BCUT2D eigenvalue weighted by molar-refractivity contribution is 0.0942. The van der Waals surface area contributed by atoms with Crippen molar-refractivity contribution in [3.63, 3.8) is 0 Å². The monoisotopic (exact) mass is 438 g/mol. The maximum atomic E-state index is 13.4. The van der Waals surface area contributed by atoms with Gasteiger partial charge in [0.1, 0.15) is 23.2 Å². The Balaban J connectivity index is 1.82. The van der Waals surface area contributed by atoms with Crippen LogP contribution in [0.15, 0.2) is 42.7 Å². The molecule has 10 heteroatoms. The smallest absolute Gasteiger partial charge is 0.274 e. The second-order valence-corrected chi connectivity index (χ2v) is 6.61. The predicted molar refractivity (Wildman–Crippen MR) is 106 cm³/mol. The SMILES string of the molecule is COc1ccc(Nc2cc(F)cc(F)c2)nc1C(=O)NCc1c(Cl)cncc1Cl. The molecule has 150 valence electrons. The van der Waals surface area contributed by atoms with E-state index in [1.54, 1.807) is 0 Å². The number of ether oxygens (including phenoxy) is 1. The van der Waals surface area contributed by atoms with Gasteiger partial charge in [-0.25, -0.2) is 13.8 Å². The number of aromatic nitrogens is 2. The summed E-state index contributed by atoms with van der Waals surface area (Å²) < 4.78 is 31.9. The van der Waals surface area contributed by atoms with Gasteiger partial charge in [-0.05, 0) is 24.3 Å². The molecule has 0 aliphatic rings. The van der Waals surface area contributed by atoms with E-state index in [-0.39, 0.29) is 29.5 Å². The van der Waals surface area contributed by atoms with Crippen LogP contribution in [0.3, 0.4) is 0 Å². The number of amides is 1. The number of rotatable bonds is 6. The topological polar surface area (TPSA) is 76.1 Å². The van der Waals surface area contributed by atoms with Crippen LogP contribution < -0.4 is 15.4 Å². The van der Waals surface area contributed by atoms with Crippen LogP contribution in [-0.2, 0) is 6.54 Å². The first-order valence-electron chi connectivity index (χ1n) is 8.21. The fourth-order valence-corrected chi connectivity index (χ4v) is 2.97. The first-order valence-corrected chi connectivity index (χ1v) is 8.97. The van der Waals surface area contributed by atoms with Crippen LogP contribution in [0.5, 0.6) is 5.75 Å². The molecular formula is C19H14Cl2F2N4O2. The molecule has 0 aliphatic heterocycles. The van der Waals surface area contributed by atoms with Crippen LogP contribution in [0.2, 0.25) is 10.0 Å². The van der Waals surface area contributed by atoms with E-state index in [1.807, 2.05) is 0 Å². The maximum Gasteiger partial charge on any atom is 0.274 e. The number of anilines is 2. The highest BCUT2D eigenvalue weighted by Gasteiger charge is 2.17. The number of halogens is 4. The van der Waals surface area contributed by atoms with E-state index in [4.69, 9.17) is 27.9 Å². The molecule has 0 aliphatic carbocycles. The van der Waals surface area contributed by atoms with Crippen LogP contribution in [0.1, 0.15) is 16.1 Å². The van der Waals surface area contributed by atoms with Crippen molar-refractivity contribution >= 4 is 40.6 Å². The zero-order chi connectivity index (χ0) is 21.0. The van der Waals surface area contributed by atoms with Gasteiger partial charge in [-0.2, -0.15) is 0 Å². The van der Waals surface area contributed by atoms with Crippen molar-refractivity contribution in [2.24, 2.45) is 0 Å². The van der Waals surface area contributed by atoms with E-state index in [9.17, 15) is 13.6 Å². The third-order valence-corrected chi connectivity index (χ3v) is 4.46. The van der Waals surface area contributed by atoms with Crippen molar-refractivity contribution in [3.8, 4) is 5.75 Å². The van der Waals surface area contributed by atoms with E-state index in [2.05, 4.69) is 20.6 Å². The molecule has 6 nitrogen and oxygen atoms in total. The van der Waals surface area contributed by atoms with E-state index in [0.29, 0.717) is 15.6 Å². The van der Waals surface area contributed by atoms with Crippen LogP contribution >= 0.6 is 23.2 Å². The van der Waals surface area contributed by atoms with Gasteiger partial charge in [-0.3, -0.25) is 9.78 Å². The number of carbonyl (C=O) groups is 1. The Bertz CT molecular complexity index is 1030. The standard InChI is InChI=1S/C19H14Cl2F2N4O2/c1-29-16-2-3-17(26-12-5-10(22)4-11(23)6-12)27-18(16)19(28)25-7-13-14(20)8-24-9-15(13)21/h2-6,8-9H,7H2,1H3,(H,25,28)(H,26,27). The Morgan fingerprint density at radius 2 is 1.76 bits per heavy atom. The Morgan fingerprint density at radius 1 is 1.10 bits per heavy atom. The van der Waals surface area contributed by atoms with Crippen molar-refractivity contribution in [1.82, 2.24) is 15.3 Å². The van der Waals surface area contributed by atoms with Crippen LogP contribution in [-0.4, -0.2) is 23.0 Å². The van der Waals surface area contributed by atoms with Gasteiger partial charge in [0.05, 0.1) is 17.2 Å². The molecule has 2 heterocycles. The van der Waals surface area contributed by atoms with Crippen molar-refractivity contribution in [2.75, 3.05) is 12.4 Å². The molecule has 0 unspecified atom stereocenters. The van der Waals surface area contributed by atoms with E-state index in [1.165, 1.54) is 31.6 Å². The Morgan fingerprint density at radius 3 is 2.38 bits per heavy atom. The Labute approximate surface area is 174 Å². The van der Waals surface area contributed by atoms with Gasteiger partial charge in [0.15, 0.2) is 5.69 Å². The van der Waals surface area contributed by atoms with Crippen molar-refractivity contribution in [2.45, 2.75) is 6.54 Å². The zero-order valence-electron chi connectivity index (χ0n) is 15.0. The van der Waals surface area contributed by atoms with Crippen LogP contribution in [0.25, 0.3) is 0 Å².